The van der Waals surface area contributed by atoms with E-state index in [1.54, 1.807) is 12.1 Å². The summed E-state index contributed by atoms with van der Waals surface area (Å²) in [6.07, 6.45) is 0. The van der Waals surface area contributed by atoms with E-state index in [9.17, 15) is 18.4 Å². The number of carbonyl (C=O) groups excluding carboxylic acids is 2. The van der Waals surface area contributed by atoms with E-state index in [0.29, 0.717) is 0 Å². The summed E-state index contributed by atoms with van der Waals surface area (Å²) in [4.78, 5) is 26.1. The van der Waals surface area contributed by atoms with Gasteiger partial charge in [-0.15, -0.1) is 0 Å². The zero-order valence-electron chi connectivity index (χ0n) is 13.3. The molecule has 1 aromatic heterocycles. The third kappa shape index (κ3) is 2.24. The average Bonchev–Trinajstić information content (AvgIpc) is 3.03. The monoisotopic (exact) mass is 373 g/mol. The Bertz CT molecular complexity index is 1060. The molecule has 0 bridgehead atoms. The number of hydrogen-bond acceptors (Lipinski definition) is 3. The predicted molar refractivity (Wildman–Crippen MR) is 91.2 cm³/mol. The fourth-order valence-electron chi connectivity index (χ4n) is 2.98. The quantitative estimate of drug-likeness (QED) is 0.642. The van der Waals surface area contributed by atoms with Crippen molar-refractivity contribution in [2.45, 2.75) is 0 Å². The smallest absolute Gasteiger partial charge is 0.267 e. The molecule has 2 aromatic carbocycles. The summed E-state index contributed by atoms with van der Waals surface area (Å²) in [5, 5.41) is 4.05. The number of aryl methyl sites for hydroxylation is 1. The highest BCUT2D eigenvalue weighted by atomic mass is 35.5. The van der Waals surface area contributed by atoms with Crippen LogP contribution in [0.15, 0.2) is 42.5 Å². The van der Waals surface area contributed by atoms with Crippen LogP contribution in [0.3, 0.4) is 0 Å². The molecule has 8 heteroatoms. The molecule has 0 unspecified atom stereocenters. The van der Waals surface area contributed by atoms with Crippen LogP contribution in [0.5, 0.6) is 0 Å². The van der Waals surface area contributed by atoms with Gasteiger partial charge in [0.2, 0.25) is 0 Å². The third-order valence-corrected chi connectivity index (χ3v) is 4.51. The summed E-state index contributed by atoms with van der Waals surface area (Å²) in [5.41, 5.74) is 0.632. The summed E-state index contributed by atoms with van der Waals surface area (Å²) >= 11 is 6.34. The van der Waals surface area contributed by atoms with Crippen LogP contribution in [0.25, 0.3) is 11.3 Å². The first-order valence-electron chi connectivity index (χ1n) is 7.56. The number of amides is 2. The molecule has 0 atom stereocenters. The van der Waals surface area contributed by atoms with Crippen LogP contribution in [0.2, 0.25) is 5.02 Å². The fourth-order valence-corrected chi connectivity index (χ4v) is 3.33. The number of rotatable bonds is 2. The molecule has 2 heterocycles. The number of hydrogen-bond donors (Lipinski definition) is 0. The lowest BCUT2D eigenvalue weighted by Crippen LogP contribution is -2.30. The molecule has 0 spiro atoms. The van der Waals surface area contributed by atoms with Crippen molar-refractivity contribution in [2.75, 3.05) is 4.90 Å². The van der Waals surface area contributed by atoms with Crippen molar-refractivity contribution in [3.05, 3.63) is 70.2 Å². The van der Waals surface area contributed by atoms with Crippen molar-refractivity contribution in [1.29, 1.82) is 0 Å². The zero-order chi connectivity index (χ0) is 18.6. The van der Waals surface area contributed by atoms with Gasteiger partial charge in [-0.05, 0) is 24.3 Å². The van der Waals surface area contributed by atoms with Gasteiger partial charge in [0.25, 0.3) is 11.8 Å². The number of halogens is 3. The number of imide groups is 1. The molecule has 0 fully saturated rings. The van der Waals surface area contributed by atoms with Gasteiger partial charge in [-0.1, -0.05) is 23.7 Å². The van der Waals surface area contributed by atoms with Gasteiger partial charge in [0.1, 0.15) is 16.7 Å². The second-order valence-corrected chi connectivity index (χ2v) is 6.10. The van der Waals surface area contributed by atoms with Gasteiger partial charge in [-0.25, -0.2) is 13.7 Å². The van der Waals surface area contributed by atoms with Gasteiger partial charge in [-0.2, -0.15) is 5.10 Å². The van der Waals surface area contributed by atoms with Crippen LogP contribution in [0, 0.1) is 11.6 Å². The Morgan fingerprint density at radius 3 is 2.15 bits per heavy atom. The van der Waals surface area contributed by atoms with E-state index >= 15 is 0 Å². The fraction of sp³-hybridized carbons (Fsp3) is 0.0556. The molecule has 0 aliphatic carbocycles. The molecular formula is C18H10ClF2N3O2. The zero-order valence-corrected chi connectivity index (χ0v) is 14.1. The summed E-state index contributed by atoms with van der Waals surface area (Å²) < 4.78 is 28.6. The van der Waals surface area contributed by atoms with E-state index in [1.165, 1.54) is 29.9 Å². The summed E-state index contributed by atoms with van der Waals surface area (Å²) in [5.74, 6) is -2.78. The minimum atomic E-state index is -0.830. The highest BCUT2D eigenvalue weighted by Gasteiger charge is 2.40. The Balaban J connectivity index is 1.86. The maximum absolute atomic E-state index is 14.2. The number of fused-ring (bicyclic) bond motifs is 1. The molecule has 26 heavy (non-hydrogen) atoms. The Hall–Kier alpha value is -3.06. The number of nitrogens with zero attached hydrogens (tertiary/aromatic N) is 3. The molecule has 1 aliphatic rings. The first kappa shape index (κ1) is 16.4. The SMILES string of the molecule is Cn1nc(N2C(=O)c3ccccc3C2=O)c(Cl)c1-c1ccc(F)cc1F. The van der Waals surface area contributed by atoms with Crippen LogP contribution >= 0.6 is 11.6 Å². The first-order valence-corrected chi connectivity index (χ1v) is 7.93. The minimum absolute atomic E-state index is 0.00857. The van der Waals surface area contributed by atoms with E-state index in [2.05, 4.69) is 5.10 Å². The molecule has 130 valence electrons. The summed E-state index contributed by atoms with van der Waals surface area (Å²) in [7, 11) is 1.49. The number of anilines is 1. The van der Waals surface area contributed by atoms with E-state index in [-0.39, 0.29) is 33.2 Å². The highest BCUT2D eigenvalue weighted by molar-refractivity contribution is 6.40. The summed E-state index contributed by atoms with van der Waals surface area (Å²) in [6, 6.07) is 9.39. The molecule has 4 rings (SSSR count). The minimum Gasteiger partial charge on any atom is -0.268 e. The second-order valence-electron chi connectivity index (χ2n) is 5.73. The van der Waals surface area contributed by atoms with Gasteiger partial charge < -0.3 is 0 Å². The normalized spacial score (nSPS) is 13.5. The average molecular weight is 374 g/mol. The van der Waals surface area contributed by atoms with Crippen LogP contribution in [0.1, 0.15) is 20.7 Å². The van der Waals surface area contributed by atoms with Crippen LogP contribution in [0.4, 0.5) is 14.6 Å². The van der Waals surface area contributed by atoms with Crippen LogP contribution < -0.4 is 4.90 Å². The van der Waals surface area contributed by atoms with Gasteiger partial charge in [-0.3, -0.25) is 14.3 Å². The highest BCUT2D eigenvalue weighted by Crippen LogP contribution is 2.39. The Morgan fingerprint density at radius 2 is 1.58 bits per heavy atom. The van der Waals surface area contributed by atoms with Crippen molar-refractivity contribution < 1.29 is 18.4 Å². The lowest BCUT2D eigenvalue weighted by atomic mass is 10.1. The lowest BCUT2D eigenvalue weighted by Gasteiger charge is -2.10. The molecule has 5 nitrogen and oxygen atoms in total. The van der Waals surface area contributed by atoms with Gasteiger partial charge in [0, 0.05) is 18.7 Å². The molecule has 1 aliphatic heterocycles. The van der Waals surface area contributed by atoms with Crippen molar-refractivity contribution in [2.24, 2.45) is 7.05 Å². The maximum Gasteiger partial charge on any atom is 0.267 e. The van der Waals surface area contributed by atoms with Crippen molar-refractivity contribution >= 4 is 29.2 Å². The molecule has 0 saturated heterocycles. The molecule has 0 radical (unpaired) electrons. The predicted octanol–water partition coefficient (Wildman–Crippen LogP) is 3.82. The lowest BCUT2D eigenvalue weighted by molar-refractivity contribution is 0.0925. The van der Waals surface area contributed by atoms with Crippen molar-refractivity contribution in [3.63, 3.8) is 0 Å². The van der Waals surface area contributed by atoms with Crippen LogP contribution in [-0.2, 0) is 7.05 Å². The van der Waals surface area contributed by atoms with E-state index in [4.69, 9.17) is 11.6 Å². The van der Waals surface area contributed by atoms with Gasteiger partial charge >= 0.3 is 0 Å². The molecule has 2 amide bonds. The van der Waals surface area contributed by atoms with E-state index in [1.807, 2.05) is 0 Å². The molecule has 3 aromatic rings. The third-order valence-electron chi connectivity index (χ3n) is 4.16. The first-order chi connectivity index (χ1) is 12.4. The largest absolute Gasteiger partial charge is 0.268 e. The van der Waals surface area contributed by atoms with Crippen molar-refractivity contribution in [3.8, 4) is 11.3 Å². The number of carbonyl (C=O) groups is 2. The van der Waals surface area contributed by atoms with Crippen molar-refractivity contribution in [1.82, 2.24) is 9.78 Å². The second kappa shape index (κ2) is 5.74. The Kier molecular flexibility index (Phi) is 3.62. The van der Waals surface area contributed by atoms with Gasteiger partial charge in [0.05, 0.1) is 16.8 Å². The topological polar surface area (TPSA) is 55.2 Å². The maximum atomic E-state index is 14.2. The Morgan fingerprint density at radius 1 is 0.962 bits per heavy atom. The Labute approximate surface area is 151 Å². The number of aromatic nitrogens is 2. The molecule has 0 N–H and O–H groups in total. The summed E-state index contributed by atoms with van der Waals surface area (Å²) in [6.45, 7) is 0. The van der Waals surface area contributed by atoms with Gasteiger partial charge in [0.15, 0.2) is 5.82 Å². The standard InChI is InChI=1S/C18H10ClF2N3O2/c1-23-15(12-7-6-9(20)8-13(12)21)14(19)16(22-23)24-17(25)10-4-2-3-5-11(10)18(24)26/h2-8H,1H3. The van der Waals surface area contributed by atoms with E-state index < -0.39 is 23.4 Å². The molecular weight excluding hydrogens is 364 g/mol. The van der Waals surface area contributed by atoms with Crippen LogP contribution in [-0.4, -0.2) is 21.6 Å². The van der Waals surface area contributed by atoms with E-state index in [0.717, 1.165) is 17.0 Å². The molecule has 0 saturated carbocycles. The number of benzene rings is 2.